The molecule has 192 valence electrons. The van der Waals surface area contributed by atoms with E-state index in [4.69, 9.17) is 23.7 Å². The van der Waals surface area contributed by atoms with Crippen LogP contribution in [0.1, 0.15) is 38.8 Å². The van der Waals surface area contributed by atoms with Gasteiger partial charge in [-0.3, -0.25) is 4.79 Å². The lowest BCUT2D eigenvalue weighted by Gasteiger charge is -2.26. The minimum atomic E-state index is -0.935. The van der Waals surface area contributed by atoms with E-state index in [0.29, 0.717) is 64.7 Å². The van der Waals surface area contributed by atoms with E-state index in [9.17, 15) is 14.7 Å². The highest BCUT2D eigenvalue weighted by Gasteiger charge is 2.34. The van der Waals surface area contributed by atoms with E-state index in [-0.39, 0.29) is 17.8 Å². The van der Waals surface area contributed by atoms with Gasteiger partial charge in [-0.25, -0.2) is 4.79 Å². The van der Waals surface area contributed by atoms with E-state index >= 15 is 0 Å². The molecule has 0 radical (unpaired) electrons. The van der Waals surface area contributed by atoms with Crippen LogP contribution >= 0.6 is 0 Å². The molecule has 1 aromatic rings. The third kappa shape index (κ3) is 10.3. The summed E-state index contributed by atoms with van der Waals surface area (Å²) in [7, 11) is 1.62. The molecular weight excluding hydrogens is 444 g/mol. The summed E-state index contributed by atoms with van der Waals surface area (Å²) < 4.78 is 26.9. The quantitative estimate of drug-likeness (QED) is 0.412. The number of hydrogen-bond donors (Lipinski definition) is 2. The highest BCUT2D eigenvalue weighted by molar-refractivity contribution is 5.87. The Balaban J connectivity index is 1.83. The molecule has 2 atom stereocenters. The van der Waals surface area contributed by atoms with Gasteiger partial charge in [0.1, 0.15) is 17.4 Å². The molecule has 2 rings (SSSR count). The maximum atomic E-state index is 13.3. The van der Waals surface area contributed by atoms with Crippen LogP contribution in [-0.2, 0) is 28.5 Å². The zero-order valence-corrected chi connectivity index (χ0v) is 20.6. The first-order valence-corrected chi connectivity index (χ1v) is 11.5. The van der Waals surface area contributed by atoms with E-state index in [2.05, 4.69) is 5.32 Å². The van der Waals surface area contributed by atoms with Crippen molar-refractivity contribution in [1.82, 2.24) is 10.2 Å². The zero-order chi connectivity index (χ0) is 25.0. The van der Waals surface area contributed by atoms with Crippen LogP contribution in [0.5, 0.6) is 5.75 Å². The van der Waals surface area contributed by atoms with Crippen LogP contribution in [-0.4, -0.2) is 93.6 Å². The number of alkyl carbamates (subject to hydrolysis) is 1. The van der Waals surface area contributed by atoms with Crippen molar-refractivity contribution >= 4 is 12.0 Å². The smallest absolute Gasteiger partial charge is 0.408 e. The first-order valence-electron chi connectivity index (χ1n) is 11.5. The zero-order valence-electron chi connectivity index (χ0n) is 20.6. The number of phenolic OH excluding ortho intramolecular Hbond substituents is 1. The number of nitrogens with one attached hydrogen (secondary N) is 1. The fraction of sp³-hybridized carbons (Fsp3) is 0.667. The van der Waals surface area contributed by atoms with Gasteiger partial charge in [0.25, 0.3) is 0 Å². The summed E-state index contributed by atoms with van der Waals surface area (Å²) >= 11 is 0. The number of ether oxygens (including phenoxy) is 5. The average molecular weight is 483 g/mol. The summed E-state index contributed by atoms with van der Waals surface area (Å²) in [5.74, 6) is -0.183. The van der Waals surface area contributed by atoms with Crippen molar-refractivity contribution in [3.05, 3.63) is 29.8 Å². The minimum Gasteiger partial charge on any atom is -0.508 e. The Labute approximate surface area is 201 Å². The molecule has 0 aliphatic carbocycles. The lowest BCUT2D eigenvalue weighted by atomic mass is 10.1. The molecule has 1 aliphatic rings. The molecule has 1 aliphatic heterocycles. The summed E-state index contributed by atoms with van der Waals surface area (Å²) in [4.78, 5) is 27.3. The Morgan fingerprint density at radius 2 is 1.68 bits per heavy atom. The SMILES string of the molecule is COCCOCCOCCO[C@H]1CCN(C(=O)[C@@H](NC(=O)OC(C)(C)C)c2ccc(O)cc2)C1. The molecule has 34 heavy (non-hydrogen) atoms. The van der Waals surface area contributed by atoms with Gasteiger partial charge in [0.05, 0.1) is 45.7 Å². The van der Waals surface area contributed by atoms with Crippen molar-refractivity contribution in [1.29, 1.82) is 0 Å². The fourth-order valence-electron chi connectivity index (χ4n) is 3.36. The highest BCUT2D eigenvalue weighted by atomic mass is 16.6. The van der Waals surface area contributed by atoms with Crippen LogP contribution in [0.15, 0.2) is 24.3 Å². The Hall–Kier alpha value is -2.40. The molecule has 0 aromatic heterocycles. The number of carbonyl (C=O) groups excluding carboxylic acids is 2. The number of rotatable bonds is 13. The fourth-order valence-corrected chi connectivity index (χ4v) is 3.36. The van der Waals surface area contributed by atoms with E-state index in [1.807, 2.05) is 0 Å². The van der Waals surface area contributed by atoms with E-state index in [0.717, 1.165) is 0 Å². The number of methoxy groups -OCH3 is 1. The summed E-state index contributed by atoms with van der Waals surface area (Å²) in [6.07, 6.45) is -0.0950. The Kier molecular flexibility index (Phi) is 11.5. The number of likely N-dealkylation sites (tertiary alicyclic amines) is 1. The minimum absolute atomic E-state index is 0.0746. The van der Waals surface area contributed by atoms with Crippen LogP contribution in [0.3, 0.4) is 0 Å². The molecule has 0 unspecified atom stereocenters. The monoisotopic (exact) mass is 482 g/mol. The topological polar surface area (TPSA) is 116 Å². The van der Waals surface area contributed by atoms with Crippen LogP contribution < -0.4 is 5.32 Å². The lowest BCUT2D eigenvalue weighted by Crippen LogP contribution is -2.44. The average Bonchev–Trinajstić information content (AvgIpc) is 3.24. The molecule has 10 nitrogen and oxygen atoms in total. The third-order valence-corrected chi connectivity index (χ3v) is 4.98. The summed E-state index contributed by atoms with van der Waals surface area (Å²) in [6, 6.07) is 5.23. The second-order valence-electron chi connectivity index (χ2n) is 8.95. The first kappa shape index (κ1) is 27.8. The molecule has 10 heteroatoms. The van der Waals surface area contributed by atoms with Crippen molar-refractivity contribution in [2.24, 2.45) is 0 Å². The Morgan fingerprint density at radius 1 is 1.06 bits per heavy atom. The molecule has 1 fully saturated rings. The molecular formula is C24H38N2O8. The van der Waals surface area contributed by atoms with Gasteiger partial charge >= 0.3 is 6.09 Å². The number of hydrogen-bond acceptors (Lipinski definition) is 8. The van der Waals surface area contributed by atoms with Gasteiger partial charge in [-0.2, -0.15) is 0 Å². The van der Waals surface area contributed by atoms with Gasteiger partial charge in [0, 0.05) is 20.2 Å². The van der Waals surface area contributed by atoms with Crippen molar-refractivity contribution in [2.75, 3.05) is 59.8 Å². The summed E-state index contributed by atoms with van der Waals surface area (Å²) in [5, 5.41) is 12.3. The standard InChI is InChI=1S/C24H38N2O8/c1-24(2,3)34-23(29)25-21(18-5-7-19(27)8-6-18)22(28)26-10-9-20(17-26)33-16-15-32-14-13-31-12-11-30-4/h5-8,20-21,27H,9-17H2,1-4H3,(H,25,29)/t20-,21-/m0/s1. The molecule has 1 heterocycles. The number of nitrogens with zero attached hydrogens (tertiary/aromatic N) is 1. The van der Waals surface area contributed by atoms with E-state index < -0.39 is 17.7 Å². The molecule has 0 spiro atoms. The number of aromatic hydroxyl groups is 1. The van der Waals surface area contributed by atoms with Crippen molar-refractivity contribution < 1.29 is 38.4 Å². The van der Waals surface area contributed by atoms with Crippen molar-refractivity contribution in [3.63, 3.8) is 0 Å². The van der Waals surface area contributed by atoms with E-state index in [1.165, 1.54) is 12.1 Å². The predicted molar refractivity (Wildman–Crippen MR) is 125 cm³/mol. The van der Waals surface area contributed by atoms with Gasteiger partial charge in [0.2, 0.25) is 5.91 Å². The van der Waals surface area contributed by atoms with Crippen molar-refractivity contribution in [2.45, 2.75) is 44.9 Å². The number of benzene rings is 1. The van der Waals surface area contributed by atoms with Gasteiger partial charge in [-0.15, -0.1) is 0 Å². The van der Waals surface area contributed by atoms with Gasteiger partial charge in [-0.05, 0) is 44.9 Å². The van der Waals surface area contributed by atoms with Gasteiger partial charge < -0.3 is 39.0 Å². The molecule has 2 N–H and O–H groups in total. The van der Waals surface area contributed by atoms with Crippen LogP contribution in [0.2, 0.25) is 0 Å². The number of carbonyl (C=O) groups is 2. The molecule has 1 aromatic carbocycles. The molecule has 2 amide bonds. The number of phenols is 1. The molecule has 0 saturated carbocycles. The molecule has 1 saturated heterocycles. The van der Waals surface area contributed by atoms with Gasteiger partial charge in [0.15, 0.2) is 0 Å². The maximum Gasteiger partial charge on any atom is 0.408 e. The Morgan fingerprint density at radius 3 is 2.29 bits per heavy atom. The third-order valence-electron chi connectivity index (χ3n) is 4.98. The largest absolute Gasteiger partial charge is 0.508 e. The predicted octanol–water partition coefficient (Wildman–Crippen LogP) is 2.26. The molecule has 0 bridgehead atoms. The lowest BCUT2D eigenvalue weighted by molar-refractivity contribution is -0.133. The van der Waals surface area contributed by atoms with Crippen LogP contribution in [0.4, 0.5) is 4.79 Å². The second-order valence-corrected chi connectivity index (χ2v) is 8.95. The van der Waals surface area contributed by atoms with Crippen LogP contribution in [0, 0.1) is 0 Å². The van der Waals surface area contributed by atoms with Gasteiger partial charge in [-0.1, -0.05) is 12.1 Å². The number of amides is 2. The van der Waals surface area contributed by atoms with E-state index in [1.54, 1.807) is 44.9 Å². The normalized spacial score (nSPS) is 16.9. The maximum absolute atomic E-state index is 13.3. The summed E-state index contributed by atoms with van der Waals surface area (Å²) in [6.45, 7) is 9.13. The second kappa shape index (κ2) is 14.1. The highest BCUT2D eigenvalue weighted by Crippen LogP contribution is 2.23. The van der Waals surface area contributed by atoms with Crippen molar-refractivity contribution in [3.8, 4) is 5.75 Å². The Bertz CT molecular complexity index is 750. The first-order chi connectivity index (χ1) is 16.2. The van der Waals surface area contributed by atoms with Crippen LogP contribution in [0.25, 0.3) is 0 Å². The summed E-state index contributed by atoms with van der Waals surface area (Å²) in [5.41, 5.74) is -0.142.